The number of hydrogen-bond acceptors (Lipinski definition) is 5. The van der Waals surface area contributed by atoms with Crippen molar-refractivity contribution in [3.63, 3.8) is 0 Å². The number of anilines is 2. The number of aryl methyl sites for hydroxylation is 1. The van der Waals surface area contributed by atoms with E-state index >= 15 is 0 Å². The Hall–Kier alpha value is -1.53. The second kappa shape index (κ2) is 6.95. The second-order valence-corrected chi connectivity index (χ2v) is 7.18. The number of thiazole rings is 1. The van der Waals surface area contributed by atoms with Gasteiger partial charge in [0.25, 0.3) is 0 Å². The Bertz CT molecular complexity index is 611. The van der Waals surface area contributed by atoms with E-state index in [1.807, 2.05) is 56.0 Å². The second-order valence-electron chi connectivity index (χ2n) is 4.91. The van der Waals surface area contributed by atoms with Gasteiger partial charge in [-0.2, -0.15) is 0 Å². The van der Waals surface area contributed by atoms with Crippen LogP contribution in [-0.2, 0) is 4.79 Å². The highest BCUT2D eigenvalue weighted by atomic mass is 32.2. The highest BCUT2D eigenvalue weighted by Crippen LogP contribution is 2.31. The number of benzene rings is 1. The van der Waals surface area contributed by atoms with Crippen LogP contribution in [0.1, 0.15) is 19.5 Å². The molecule has 21 heavy (non-hydrogen) atoms. The molecule has 0 bridgehead atoms. The summed E-state index contributed by atoms with van der Waals surface area (Å²) in [5.41, 5.74) is 7.51. The van der Waals surface area contributed by atoms with E-state index in [-0.39, 0.29) is 11.9 Å². The zero-order valence-corrected chi connectivity index (χ0v) is 14.0. The minimum absolute atomic E-state index is 0.0903. The predicted octanol–water partition coefficient (Wildman–Crippen LogP) is 3.57. The van der Waals surface area contributed by atoms with Gasteiger partial charge in [-0.3, -0.25) is 4.79 Å². The maximum atomic E-state index is 12.5. The Morgan fingerprint density at radius 3 is 2.57 bits per heavy atom. The smallest absolute Gasteiger partial charge is 0.237 e. The largest absolute Gasteiger partial charge is 0.375 e. The van der Waals surface area contributed by atoms with E-state index in [0.29, 0.717) is 10.9 Å². The van der Waals surface area contributed by atoms with Crippen molar-refractivity contribution >= 4 is 39.8 Å². The van der Waals surface area contributed by atoms with Crippen molar-refractivity contribution in [2.24, 2.45) is 0 Å². The lowest BCUT2D eigenvalue weighted by Gasteiger charge is -2.26. The number of hydrogen-bond donors (Lipinski definition) is 1. The van der Waals surface area contributed by atoms with Crippen LogP contribution in [0, 0.1) is 6.92 Å². The van der Waals surface area contributed by atoms with Gasteiger partial charge in [0.2, 0.25) is 5.91 Å². The summed E-state index contributed by atoms with van der Waals surface area (Å²) < 4.78 is 1.01. The number of rotatable bonds is 5. The molecule has 1 amide bonds. The fourth-order valence-corrected chi connectivity index (χ4v) is 3.93. The molecule has 0 aliphatic carbocycles. The van der Waals surface area contributed by atoms with E-state index in [4.69, 9.17) is 5.73 Å². The lowest BCUT2D eigenvalue weighted by atomic mass is 10.2. The number of nitrogen functional groups attached to an aromatic ring is 1. The lowest BCUT2D eigenvalue weighted by molar-refractivity contribution is -0.116. The fraction of sp³-hybridized carbons (Fsp3) is 0.333. The first-order valence-electron chi connectivity index (χ1n) is 6.72. The quantitative estimate of drug-likeness (QED) is 0.855. The van der Waals surface area contributed by atoms with Crippen LogP contribution in [0.4, 0.5) is 10.8 Å². The number of amides is 1. The van der Waals surface area contributed by atoms with Crippen LogP contribution in [-0.4, -0.2) is 22.7 Å². The maximum absolute atomic E-state index is 12.5. The standard InChI is InChI=1S/C15H19N3OS2/c1-10(2)18(12-7-5-4-6-8-12)13(19)9-20-14-11(3)17-15(16)21-14/h4-8,10H,9H2,1-3H3,(H2,16,17). The third kappa shape index (κ3) is 3.98. The van der Waals surface area contributed by atoms with Crippen molar-refractivity contribution < 1.29 is 4.79 Å². The molecule has 6 heteroatoms. The lowest BCUT2D eigenvalue weighted by Crippen LogP contribution is -2.38. The third-order valence-corrected chi connectivity index (χ3v) is 5.25. The SMILES string of the molecule is Cc1nc(N)sc1SCC(=O)N(c1ccccc1)C(C)C. The molecule has 0 atom stereocenters. The van der Waals surface area contributed by atoms with E-state index in [0.717, 1.165) is 15.6 Å². The van der Waals surface area contributed by atoms with Gasteiger partial charge in [-0.15, -0.1) is 11.8 Å². The molecule has 0 radical (unpaired) electrons. The molecule has 2 rings (SSSR count). The highest BCUT2D eigenvalue weighted by Gasteiger charge is 2.19. The third-order valence-electron chi connectivity index (χ3n) is 2.92. The molecule has 0 aliphatic heterocycles. The minimum Gasteiger partial charge on any atom is -0.375 e. The molecule has 112 valence electrons. The van der Waals surface area contributed by atoms with Crippen molar-refractivity contribution in [3.05, 3.63) is 36.0 Å². The summed E-state index contributed by atoms with van der Waals surface area (Å²) in [6.07, 6.45) is 0. The average molecular weight is 321 g/mol. The van der Waals surface area contributed by atoms with E-state index < -0.39 is 0 Å². The topological polar surface area (TPSA) is 59.2 Å². The molecular formula is C15H19N3OS2. The number of para-hydroxylation sites is 1. The zero-order valence-electron chi connectivity index (χ0n) is 12.4. The van der Waals surface area contributed by atoms with Gasteiger partial charge >= 0.3 is 0 Å². The van der Waals surface area contributed by atoms with Crippen molar-refractivity contribution in [2.45, 2.75) is 31.0 Å². The predicted molar refractivity (Wildman–Crippen MR) is 91.1 cm³/mol. The summed E-state index contributed by atoms with van der Waals surface area (Å²) in [5.74, 6) is 0.475. The molecule has 0 aliphatic rings. The summed E-state index contributed by atoms with van der Waals surface area (Å²) >= 11 is 2.93. The molecule has 0 unspecified atom stereocenters. The number of nitrogens with zero attached hydrogens (tertiary/aromatic N) is 2. The van der Waals surface area contributed by atoms with Gasteiger partial charge in [0.1, 0.15) is 0 Å². The molecule has 2 N–H and O–H groups in total. The average Bonchev–Trinajstić information content (AvgIpc) is 2.75. The summed E-state index contributed by atoms with van der Waals surface area (Å²) in [7, 11) is 0. The molecule has 0 saturated heterocycles. The minimum atomic E-state index is 0.0903. The summed E-state index contributed by atoms with van der Waals surface area (Å²) in [4.78, 5) is 18.5. The number of thioether (sulfide) groups is 1. The van der Waals surface area contributed by atoms with Crippen LogP contribution in [0.15, 0.2) is 34.5 Å². The van der Waals surface area contributed by atoms with Crippen molar-refractivity contribution in [1.82, 2.24) is 4.98 Å². The Balaban J connectivity index is 2.08. The highest BCUT2D eigenvalue weighted by molar-refractivity contribution is 8.01. The first kappa shape index (κ1) is 15.9. The maximum Gasteiger partial charge on any atom is 0.237 e. The first-order chi connectivity index (χ1) is 9.99. The van der Waals surface area contributed by atoms with E-state index in [9.17, 15) is 4.79 Å². The molecule has 1 aromatic heterocycles. The van der Waals surface area contributed by atoms with Gasteiger partial charge in [-0.1, -0.05) is 29.5 Å². The van der Waals surface area contributed by atoms with Crippen LogP contribution >= 0.6 is 23.1 Å². The summed E-state index contributed by atoms with van der Waals surface area (Å²) in [6.45, 7) is 5.95. The number of carbonyl (C=O) groups is 1. The van der Waals surface area contributed by atoms with Crippen LogP contribution in [0.2, 0.25) is 0 Å². The Morgan fingerprint density at radius 2 is 2.05 bits per heavy atom. The first-order valence-corrected chi connectivity index (χ1v) is 8.52. The molecule has 0 saturated carbocycles. The van der Waals surface area contributed by atoms with Crippen LogP contribution in [0.3, 0.4) is 0 Å². The molecule has 0 fully saturated rings. The van der Waals surface area contributed by atoms with Gasteiger partial charge in [-0.25, -0.2) is 4.98 Å². The van der Waals surface area contributed by atoms with E-state index in [1.54, 1.807) is 0 Å². The zero-order chi connectivity index (χ0) is 15.4. The normalized spacial score (nSPS) is 10.9. The summed E-state index contributed by atoms with van der Waals surface area (Å²) in [6, 6.07) is 9.87. The molecule has 1 heterocycles. The number of carbonyl (C=O) groups excluding carboxylic acids is 1. The Labute approximate surface area is 133 Å². The van der Waals surface area contributed by atoms with Crippen LogP contribution < -0.4 is 10.6 Å². The van der Waals surface area contributed by atoms with Crippen molar-refractivity contribution in [3.8, 4) is 0 Å². The van der Waals surface area contributed by atoms with E-state index in [2.05, 4.69) is 4.98 Å². The van der Waals surface area contributed by atoms with Crippen molar-refractivity contribution in [2.75, 3.05) is 16.4 Å². The van der Waals surface area contributed by atoms with Gasteiger partial charge < -0.3 is 10.6 Å². The Morgan fingerprint density at radius 1 is 1.38 bits per heavy atom. The molecule has 2 aromatic rings. The molecule has 4 nitrogen and oxygen atoms in total. The van der Waals surface area contributed by atoms with Crippen molar-refractivity contribution in [1.29, 1.82) is 0 Å². The van der Waals surface area contributed by atoms with Crippen LogP contribution in [0.25, 0.3) is 0 Å². The number of nitrogens with two attached hydrogens (primary N) is 1. The summed E-state index contributed by atoms with van der Waals surface area (Å²) in [5, 5.41) is 0.547. The fourth-order valence-electron chi connectivity index (χ4n) is 2.05. The van der Waals surface area contributed by atoms with Gasteiger partial charge in [0, 0.05) is 11.7 Å². The molecule has 1 aromatic carbocycles. The van der Waals surface area contributed by atoms with Gasteiger partial charge in [-0.05, 0) is 32.9 Å². The Kier molecular flexibility index (Phi) is 5.25. The number of aromatic nitrogens is 1. The van der Waals surface area contributed by atoms with Gasteiger partial charge in [0.05, 0.1) is 15.7 Å². The molecule has 0 spiro atoms. The van der Waals surface area contributed by atoms with Gasteiger partial charge in [0.15, 0.2) is 5.13 Å². The molecular weight excluding hydrogens is 302 g/mol. The van der Waals surface area contributed by atoms with E-state index in [1.165, 1.54) is 23.1 Å². The van der Waals surface area contributed by atoms with Crippen LogP contribution in [0.5, 0.6) is 0 Å². The monoisotopic (exact) mass is 321 g/mol.